The van der Waals surface area contributed by atoms with Crippen molar-refractivity contribution in [2.45, 2.75) is 0 Å². The average Bonchev–Trinajstić information content (AvgIpc) is 3.24. The molecular formula is C19H15N3O2S. The molecule has 0 radical (unpaired) electrons. The van der Waals surface area contributed by atoms with Crippen LogP contribution in [0.5, 0.6) is 5.75 Å². The lowest BCUT2D eigenvalue weighted by Crippen LogP contribution is -2.12. The average molecular weight is 349 g/mol. The first-order valence-corrected chi connectivity index (χ1v) is 8.59. The van der Waals surface area contributed by atoms with Crippen molar-refractivity contribution in [3.63, 3.8) is 0 Å². The van der Waals surface area contributed by atoms with Gasteiger partial charge in [0.1, 0.15) is 5.75 Å². The highest BCUT2D eigenvalue weighted by Crippen LogP contribution is 2.29. The summed E-state index contributed by atoms with van der Waals surface area (Å²) in [5.74, 6) is 0.461. The second-order valence-electron chi connectivity index (χ2n) is 5.45. The molecule has 2 aromatic carbocycles. The number of rotatable bonds is 4. The summed E-state index contributed by atoms with van der Waals surface area (Å²) in [5.41, 5.74) is 2.98. The second kappa shape index (κ2) is 6.41. The number of nitrogens with zero attached hydrogens (tertiary/aromatic N) is 2. The zero-order valence-electron chi connectivity index (χ0n) is 13.5. The molecule has 1 amide bonds. The molecule has 0 fully saturated rings. The quantitative estimate of drug-likeness (QED) is 0.597. The minimum absolute atomic E-state index is 0.188. The number of carbonyl (C=O) groups is 1. The number of carbonyl (C=O) groups excluding carboxylic acids is 1. The van der Waals surface area contributed by atoms with Gasteiger partial charge in [0.2, 0.25) is 0 Å². The molecule has 0 saturated heterocycles. The number of nitrogens with one attached hydrogen (secondary N) is 1. The highest BCUT2D eigenvalue weighted by Gasteiger charge is 2.13. The van der Waals surface area contributed by atoms with Crippen molar-refractivity contribution in [3.05, 3.63) is 71.9 Å². The molecule has 2 aromatic heterocycles. The van der Waals surface area contributed by atoms with Crippen molar-refractivity contribution in [3.8, 4) is 17.0 Å². The molecule has 124 valence electrons. The van der Waals surface area contributed by atoms with Crippen LogP contribution in [0.2, 0.25) is 0 Å². The molecule has 0 atom stereocenters. The standard InChI is InChI=1S/C19H15N3O2S/c1-24-14-6-4-5-13(11-14)18(23)20-16-8-3-2-7-15(16)17-12-22-9-10-25-19(22)21-17/h2-12H,1H3,(H,20,23). The molecule has 6 heteroatoms. The van der Waals surface area contributed by atoms with Gasteiger partial charge in [-0.1, -0.05) is 24.3 Å². The van der Waals surface area contributed by atoms with E-state index in [-0.39, 0.29) is 5.91 Å². The number of aromatic nitrogens is 2. The molecule has 25 heavy (non-hydrogen) atoms. The highest BCUT2D eigenvalue weighted by molar-refractivity contribution is 7.15. The maximum Gasteiger partial charge on any atom is 0.255 e. The summed E-state index contributed by atoms with van der Waals surface area (Å²) in [7, 11) is 1.58. The lowest BCUT2D eigenvalue weighted by atomic mass is 10.1. The van der Waals surface area contributed by atoms with Crippen LogP contribution in [0.15, 0.2) is 66.3 Å². The number of anilines is 1. The van der Waals surface area contributed by atoms with E-state index in [4.69, 9.17) is 4.74 Å². The van der Waals surface area contributed by atoms with E-state index in [1.807, 2.05) is 52.5 Å². The Morgan fingerprint density at radius 2 is 2.08 bits per heavy atom. The van der Waals surface area contributed by atoms with Crippen LogP contribution in [0.1, 0.15) is 10.4 Å². The minimum atomic E-state index is -0.188. The van der Waals surface area contributed by atoms with Gasteiger partial charge in [-0.05, 0) is 24.3 Å². The first-order valence-electron chi connectivity index (χ1n) is 7.71. The van der Waals surface area contributed by atoms with E-state index in [9.17, 15) is 4.79 Å². The molecule has 0 aliphatic heterocycles. The van der Waals surface area contributed by atoms with Crippen LogP contribution in [-0.4, -0.2) is 22.4 Å². The fourth-order valence-electron chi connectivity index (χ4n) is 2.63. The van der Waals surface area contributed by atoms with Gasteiger partial charge in [0.25, 0.3) is 5.91 Å². The van der Waals surface area contributed by atoms with Gasteiger partial charge >= 0.3 is 0 Å². The van der Waals surface area contributed by atoms with Gasteiger partial charge in [0.15, 0.2) is 4.96 Å². The van der Waals surface area contributed by atoms with Gasteiger partial charge in [-0.3, -0.25) is 9.20 Å². The Hall–Kier alpha value is -3.12. The van der Waals surface area contributed by atoms with E-state index in [0.717, 1.165) is 21.9 Å². The molecule has 1 N–H and O–H groups in total. The van der Waals surface area contributed by atoms with Crippen LogP contribution in [0.25, 0.3) is 16.2 Å². The number of para-hydroxylation sites is 1. The lowest BCUT2D eigenvalue weighted by molar-refractivity contribution is 0.102. The van der Waals surface area contributed by atoms with Crippen LogP contribution < -0.4 is 10.1 Å². The number of hydrogen-bond donors (Lipinski definition) is 1. The molecule has 4 aromatic rings. The number of thiazole rings is 1. The van der Waals surface area contributed by atoms with Gasteiger partial charge in [-0.25, -0.2) is 4.98 Å². The van der Waals surface area contributed by atoms with Crippen molar-refractivity contribution in [1.82, 2.24) is 9.38 Å². The number of methoxy groups -OCH3 is 1. The van der Waals surface area contributed by atoms with Crippen LogP contribution >= 0.6 is 11.3 Å². The van der Waals surface area contributed by atoms with E-state index in [1.54, 1.807) is 36.6 Å². The van der Waals surface area contributed by atoms with Crippen LogP contribution in [-0.2, 0) is 0 Å². The van der Waals surface area contributed by atoms with Gasteiger partial charge in [-0.2, -0.15) is 0 Å². The zero-order chi connectivity index (χ0) is 17.2. The number of benzene rings is 2. The zero-order valence-corrected chi connectivity index (χ0v) is 14.3. The minimum Gasteiger partial charge on any atom is -0.497 e. The summed E-state index contributed by atoms with van der Waals surface area (Å²) in [5, 5.41) is 4.96. The monoisotopic (exact) mass is 349 g/mol. The smallest absolute Gasteiger partial charge is 0.255 e. The summed E-state index contributed by atoms with van der Waals surface area (Å²) < 4.78 is 7.15. The second-order valence-corrected chi connectivity index (χ2v) is 6.32. The Morgan fingerprint density at radius 3 is 2.92 bits per heavy atom. The third-order valence-electron chi connectivity index (χ3n) is 3.88. The SMILES string of the molecule is COc1cccc(C(=O)Nc2ccccc2-c2cn3ccsc3n2)c1. The van der Waals surface area contributed by atoms with Gasteiger partial charge in [0.05, 0.1) is 18.5 Å². The predicted octanol–water partition coefficient (Wildman–Crippen LogP) is 4.32. The summed E-state index contributed by atoms with van der Waals surface area (Å²) >= 11 is 1.57. The molecule has 0 spiro atoms. The number of fused-ring (bicyclic) bond motifs is 1. The van der Waals surface area contributed by atoms with Gasteiger partial charge in [-0.15, -0.1) is 11.3 Å². The molecule has 0 bridgehead atoms. The Kier molecular flexibility index (Phi) is 3.95. The third kappa shape index (κ3) is 2.99. The molecule has 4 rings (SSSR count). The van der Waals surface area contributed by atoms with Crippen molar-refractivity contribution >= 4 is 27.9 Å². The van der Waals surface area contributed by atoms with E-state index in [0.29, 0.717) is 11.3 Å². The molecule has 0 saturated carbocycles. The molecule has 0 aliphatic carbocycles. The topological polar surface area (TPSA) is 55.6 Å². The predicted molar refractivity (Wildman–Crippen MR) is 99.5 cm³/mol. The van der Waals surface area contributed by atoms with Crippen molar-refractivity contribution in [1.29, 1.82) is 0 Å². The Labute approximate surface area is 148 Å². The molecule has 2 heterocycles. The highest BCUT2D eigenvalue weighted by atomic mass is 32.1. The van der Waals surface area contributed by atoms with Crippen LogP contribution in [0.4, 0.5) is 5.69 Å². The maximum atomic E-state index is 12.6. The number of hydrogen-bond acceptors (Lipinski definition) is 4. The molecule has 5 nitrogen and oxygen atoms in total. The Balaban J connectivity index is 1.66. The van der Waals surface area contributed by atoms with Gasteiger partial charge < -0.3 is 10.1 Å². The number of amides is 1. The normalized spacial score (nSPS) is 10.8. The Bertz CT molecular complexity index is 1020. The van der Waals surface area contributed by atoms with Crippen LogP contribution in [0, 0.1) is 0 Å². The fourth-order valence-corrected chi connectivity index (χ4v) is 3.33. The van der Waals surface area contributed by atoms with E-state index < -0.39 is 0 Å². The summed E-state index contributed by atoms with van der Waals surface area (Å²) in [6, 6.07) is 14.7. The molecule has 0 unspecified atom stereocenters. The summed E-state index contributed by atoms with van der Waals surface area (Å²) in [6.07, 6.45) is 3.93. The first kappa shape index (κ1) is 15.4. The summed E-state index contributed by atoms with van der Waals surface area (Å²) in [6.45, 7) is 0. The summed E-state index contributed by atoms with van der Waals surface area (Å²) in [4.78, 5) is 18.1. The van der Waals surface area contributed by atoms with E-state index in [2.05, 4.69) is 10.3 Å². The molecular weight excluding hydrogens is 334 g/mol. The first-order chi connectivity index (χ1) is 12.2. The van der Waals surface area contributed by atoms with Crippen LogP contribution in [0.3, 0.4) is 0 Å². The Morgan fingerprint density at radius 1 is 1.20 bits per heavy atom. The fraction of sp³-hybridized carbons (Fsp3) is 0.0526. The number of imidazole rings is 1. The van der Waals surface area contributed by atoms with E-state index >= 15 is 0 Å². The molecule has 0 aliphatic rings. The largest absolute Gasteiger partial charge is 0.497 e. The van der Waals surface area contributed by atoms with Crippen molar-refractivity contribution < 1.29 is 9.53 Å². The van der Waals surface area contributed by atoms with Gasteiger partial charge in [0, 0.05) is 28.9 Å². The number of ether oxygens (including phenoxy) is 1. The lowest BCUT2D eigenvalue weighted by Gasteiger charge is -2.10. The van der Waals surface area contributed by atoms with Crippen molar-refractivity contribution in [2.24, 2.45) is 0 Å². The third-order valence-corrected chi connectivity index (χ3v) is 4.65. The van der Waals surface area contributed by atoms with Crippen molar-refractivity contribution in [2.75, 3.05) is 12.4 Å². The maximum absolute atomic E-state index is 12.6. The van der Waals surface area contributed by atoms with E-state index in [1.165, 1.54) is 0 Å².